The van der Waals surface area contributed by atoms with Gasteiger partial charge in [0, 0.05) is 80.7 Å². The van der Waals surface area contributed by atoms with Gasteiger partial charge in [0.1, 0.15) is 0 Å². The molecular weight excluding hydrogens is 448 g/mol. The summed E-state index contributed by atoms with van der Waals surface area (Å²) in [5.41, 5.74) is 1.68. The molecule has 0 radical (unpaired) electrons. The smallest absolute Gasteiger partial charge is 0.222 e. The average molecular weight is 493 g/mol. The Balaban J connectivity index is 1.09. The molecule has 8 aliphatic heterocycles. The zero-order valence-electron chi connectivity index (χ0n) is 21.9. The number of hydrogen-bond donors (Lipinski definition) is 0. The Bertz CT molecular complexity index is 965. The molecule has 0 unspecified atom stereocenters. The zero-order chi connectivity index (χ0) is 24.0. The molecule has 0 N–H and O–H groups in total. The third-order valence-electron chi connectivity index (χ3n) is 12.1. The van der Waals surface area contributed by atoms with Gasteiger partial charge in [0.25, 0.3) is 0 Å². The fraction of sp³-hybridized carbons (Fsp3) is 0.867. The van der Waals surface area contributed by atoms with Crippen LogP contribution in [0.5, 0.6) is 0 Å². The maximum absolute atomic E-state index is 12.9. The van der Waals surface area contributed by atoms with Crippen molar-refractivity contribution in [3.63, 3.8) is 0 Å². The lowest BCUT2D eigenvalue weighted by atomic mass is 9.64. The van der Waals surface area contributed by atoms with Gasteiger partial charge in [-0.1, -0.05) is 0 Å². The summed E-state index contributed by atoms with van der Waals surface area (Å²) in [4.78, 5) is 36.1. The summed E-state index contributed by atoms with van der Waals surface area (Å²) in [6, 6.07) is 2.93. The van der Waals surface area contributed by atoms with Crippen LogP contribution < -0.4 is 0 Å². The van der Waals surface area contributed by atoms with Crippen molar-refractivity contribution in [2.75, 3.05) is 26.2 Å². The Morgan fingerprint density at radius 2 is 1.36 bits per heavy atom. The number of nitrogens with zero attached hydrogens (tertiary/aromatic N) is 4. The third-order valence-corrected chi connectivity index (χ3v) is 12.1. The van der Waals surface area contributed by atoms with Crippen LogP contribution in [-0.4, -0.2) is 87.8 Å². The van der Waals surface area contributed by atoms with E-state index in [1.54, 1.807) is 5.57 Å². The van der Waals surface area contributed by atoms with Crippen LogP contribution in [0, 0.1) is 23.7 Å². The largest absolute Gasteiger partial charge is 0.374 e. The van der Waals surface area contributed by atoms with Gasteiger partial charge in [0.05, 0.1) is 0 Å². The highest BCUT2D eigenvalue weighted by Gasteiger charge is 2.55. The molecule has 0 aliphatic carbocycles. The monoisotopic (exact) mass is 492 g/mol. The van der Waals surface area contributed by atoms with E-state index in [-0.39, 0.29) is 0 Å². The Morgan fingerprint density at radius 3 is 2.14 bits per heavy atom. The second-order valence-corrected chi connectivity index (χ2v) is 13.6. The lowest BCUT2D eigenvalue weighted by Gasteiger charge is -2.62. The standard InChI is InChI=1S/C30H44N4O2/c35-27-9-2-8-26-23-11-12-24(32-14-3-5-19(30(23)32)17-33(26)27)20-15-21-18-34-25(7-1-10-28(34)36)22-6-4-13-31(16-20)29(21)22/h16,19,21-26,29-30H,1-15,17-18H2/t19-,21-,22+,23+,24-,25+,26+,29-,30-/m0/s1. The SMILES string of the molecule is O=C1CCC[C@@H]2[C@H]3CCCN4C=C([C@@H]5CC[C@H]6[C@@H]7[C@@H](CCCN75)CN5C(=O)CCC[C@H]65)C[C@@H](CN12)[C@@H]34. The van der Waals surface area contributed by atoms with E-state index in [2.05, 4.69) is 25.8 Å². The lowest BCUT2D eigenvalue weighted by Crippen LogP contribution is -2.69. The Kier molecular flexibility index (Phi) is 5.28. The first-order valence-corrected chi connectivity index (χ1v) is 15.5. The molecule has 9 atom stereocenters. The highest BCUT2D eigenvalue weighted by Crippen LogP contribution is 2.51. The minimum Gasteiger partial charge on any atom is -0.374 e. The molecule has 0 aromatic rings. The van der Waals surface area contributed by atoms with E-state index < -0.39 is 0 Å². The van der Waals surface area contributed by atoms with Gasteiger partial charge in [-0.2, -0.15) is 0 Å². The molecule has 0 saturated carbocycles. The Morgan fingerprint density at radius 1 is 0.667 bits per heavy atom. The van der Waals surface area contributed by atoms with Gasteiger partial charge < -0.3 is 14.7 Å². The summed E-state index contributed by atoms with van der Waals surface area (Å²) in [6.07, 6.45) is 17.8. The summed E-state index contributed by atoms with van der Waals surface area (Å²) >= 11 is 0. The first-order chi connectivity index (χ1) is 17.7. The van der Waals surface area contributed by atoms with E-state index >= 15 is 0 Å². The molecule has 7 saturated heterocycles. The number of hydrogen-bond acceptors (Lipinski definition) is 4. The highest BCUT2D eigenvalue weighted by atomic mass is 16.2. The van der Waals surface area contributed by atoms with Gasteiger partial charge in [0.2, 0.25) is 11.8 Å². The van der Waals surface area contributed by atoms with Crippen molar-refractivity contribution in [3.8, 4) is 0 Å². The summed E-state index contributed by atoms with van der Waals surface area (Å²) < 4.78 is 0. The summed E-state index contributed by atoms with van der Waals surface area (Å²) in [6.45, 7) is 4.47. The third kappa shape index (κ3) is 3.24. The predicted molar refractivity (Wildman–Crippen MR) is 138 cm³/mol. The second kappa shape index (κ2) is 8.47. The minimum atomic E-state index is 0.436. The fourth-order valence-corrected chi connectivity index (χ4v) is 10.9. The van der Waals surface area contributed by atoms with Gasteiger partial charge in [-0.05, 0) is 94.6 Å². The molecule has 8 aliphatic rings. The van der Waals surface area contributed by atoms with Crippen molar-refractivity contribution < 1.29 is 9.59 Å². The molecule has 8 heterocycles. The molecule has 2 amide bonds. The minimum absolute atomic E-state index is 0.436. The van der Waals surface area contributed by atoms with Gasteiger partial charge in [-0.25, -0.2) is 0 Å². The van der Waals surface area contributed by atoms with Crippen molar-refractivity contribution in [1.29, 1.82) is 0 Å². The van der Waals surface area contributed by atoms with Gasteiger partial charge in [0.15, 0.2) is 0 Å². The molecule has 6 heteroatoms. The van der Waals surface area contributed by atoms with E-state index in [0.29, 0.717) is 65.7 Å². The van der Waals surface area contributed by atoms with Crippen molar-refractivity contribution in [1.82, 2.24) is 19.6 Å². The van der Waals surface area contributed by atoms with Crippen LogP contribution in [0.15, 0.2) is 11.8 Å². The van der Waals surface area contributed by atoms with Gasteiger partial charge >= 0.3 is 0 Å². The fourth-order valence-electron chi connectivity index (χ4n) is 10.9. The summed E-state index contributed by atoms with van der Waals surface area (Å²) in [5, 5.41) is 0. The van der Waals surface area contributed by atoms with Crippen molar-refractivity contribution in [2.45, 2.75) is 114 Å². The molecular formula is C30H44N4O2. The molecule has 0 aromatic heterocycles. The topological polar surface area (TPSA) is 47.1 Å². The van der Waals surface area contributed by atoms with Crippen molar-refractivity contribution >= 4 is 11.8 Å². The van der Waals surface area contributed by atoms with Crippen LogP contribution in [-0.2, 0) is 9.59 Å². The molecule has 196 valence electrons. The predicted octanol–water partition coefficient (Wildman–Crippen LogP) is 3.62. The van der Waals surface area contributed by atoms with Crippen molar-refractivity contribution in [2.24, 2.45) is 23.7 Å². The Hall–Kier alpha value is -1.56. The van der Waals surface area contributed by atoms with E-state index in [1.165, 1.54) is 70.9 Å². The first-order valence-electron chi connectivity index (χ1n) is 15.5. The number of amides is 2. The van der Waals surface area contributed by atoms with Crippen molar-refractivity contribution in [3.05, 3.63) is 11.8 Å². The second-order valence-electron chi connectivity index (χ2n) is 13.6. The highest BCUT2D eigenvalue weighted by molar-refractivity contribution is 5.78. The van der Waals surface area contributed by atoms with Crippen LogP contribution in [0.1, 0.15) is 83.5 Å². The molecule has 6 nitrogen and oxygen atoms in total. The average Bonchev–Trinajstić information content (AvgIpc) is 2.90. The first kappa shape index (κ1) is 22.4. The quantitative estimate of drug-likeness (QED) is 0.561. The van der Waals surface area contributed by atoms with Crippen LogP contribution >= 0.6 is 0 Å². The number of rotatable bonds is 1. The lowest BCUT2D eigenvalue weighted by molar-refractivity contribution is -0.153. The summed E-state index contributed by atoms with van der Waals surface area (Å²) in [5.74, 6) is 3.52. The number of fused-ring (bicyclic) bond motifs is 4. The van der Waals surface area contributed by atoms with Crippen LogP contribution in [0.25, 0.3) is 0 Å². The van der Waals surface area contributed by atoms with E-state index in [0.717, 1.165) is 38.8 Å². The van der Waals surface area contributed by atoms with E-state index in [4.69, 9.17) is 0 Å². The van der Waals surface area contributed by atoms with Crippen LogP contribution in [0.2, 0.25) is 0 Å². The maximum Gasteiger partial charge on any atom is 0.222 e. The number of piperidine rings is 7. The molecule has 0 spiro atoms. The maximum atomic E-state index is 12.9. The molecule has 8 rings (SSSR count). The zero-order valence-corrected chi connectivity index (χ0v) is 21.9. The normalized spacial score (nSPS) is 46.4. The molecule has 7 fully saturated rings. The molecule has 0 aromatic carbocycles. The summed E-state index contributed by atoms with van der Waals surface area (Å²) in [7, 11) is 0. The van der Waals surface area contributed by atoms with Crippen LogP contribution in [0.4, 0.5) is 0 Å². The Labute approximate surface area is 216 Å². The molecule has 0 bridgehead atoms. The van der Waals surface area contributed by atoms with E-state index in [9.17, 15) is 9.59 Å². The van der Waals surface area contributed by atoms with Gasteiger partial charge in [-0.15, -0.1) is 0 Å². The number of carbonyl (C=O) groups excluding carboxylic acids is 2. The van der Waals surface area contributed by atoms with E-state index in [1.807, 2.05) is 0 Å². The molecule has 36 heavy (non-hydrogen) atoms. The van der Waals surface area contributed by atoms with Gasteiger partial charge in [-0.3, -0.25) is 14.5 Å². The van der Waals surface area contributed by atoms with Crippen LogP contribution in [0.3, 0.4) is 0 Å². The number of carbonyl (C=O) groups is 2.